The topological polar surface area (TPSA) is 144 Å². The highest BCUT2D eigenvalue weighted by Crippen LogP contribution is 2.25. The molecule has 5 rings (SSSR count). The third kappa shape index (κ3) is 5.72. The Balaban J connectivity index is 1.46. The number of aromatic nitrogens is 2. The van der Waals surface area contributed by atoms with Gasteiger partial charge in [-0.25, -0.2) is 18.4 Å². The minimum atomic E-state index is -4.07. The Morgan fingerprint density at radius 2 is 1.82 bits per heavy atom. The molecule has 1 fully saturated rings. The van der Waals surface area contributed by atoms with Crippen LogP contribution in [0.15, 0.2) is 52.8 Å². The van der Waals surface area contributed by atoms with Crippen molar-refractivity contribution in [1.29, 1.82) is 0 Å². The number of nitrogens with zero attached hydrogens (tertiary/aromatic N) is 2. The zero-order valence-corrected chi connectivity index (χ0v) is 22.0. The summed E-state index contributed by atoms with van der Waals surface area (Å²) in [5.74, 6) is 0.740. The van der Waals surface area contributed by atoms with E-state index >= 15 is 0 Å². The van der Waals surface area contributed by atoms with E-state index in [0.29, 0.717) is 47.4 Å². The lowest BCUT2D eigenvalue weighted by Crippen LogP contribution is -2.48. The van der Waals surface area contributed by atoms with Crippen LogP contribution in [-0.4, -0.2) is 57.7 Å². The summed E-state index contributed by atoms with van der Waals surface area (Å²) in [7, 11) is -0.870. The van der Waals surface area contributed by atoms with Crippen LogP contribution in [0.5, 0.6) is 0 Å². The molecule has 3 aliphatic rings. The second kappa shape index (κ2) is 10.9. The van der Waals surface area contributed by atoms with Crippen LogP contribution in [0.4, 0.5) is 17.3 Å². The molecule has 0 spiro atoms. The molecule has 1 aromatic heterocycles. The number of fused-ring (bicyclic) bond motifs is 1. The molecule has 1 aromatic carbocycles. The molecule has 1 amide bonds. The minimum Gasteiger partial charge on any atom is -0.501 e. The molecule has 0 bridgehead atoms. The van der Waals surface area contributed by atoms with E-state index in [4.69, 9.17) is 9.47 Å². The molecular formula is C26H30N6O5S. The second-order valence-electron chi connectivity index (χ2n) is 9.19. The van der Waals surface area contributed by atoms with Gasteiger partial charge < -0.3 is 25.4 Å². The van der Waals surface area contributed by atoms with Crippen molar-refractivity contribution in [3.05, 3.63) is 58.6 Å². The highest BCUT2D eigenvalue weighted by Gasteiger charge is 2.26. The molecule has 0 saturated carbocycles. The first-order valence-corrected chi connectivity index (χ1v) is 13.8. The van der Waals surface area contributed by atoms with Crippen molar-refractivity contribution < 1.29 is 22.7 Å². The van der Waals surface area contributed by atoms with Crippen molar-refractivity contribution in [1.82, 2.24) is 15.3 Å². The number of amides is 1. The lowest BCUT2D eigenvalue weighted by Gasteiger charge is -2.25. The van der Waals surface area contributed by atoms with Gasteiger partial charge in [0.2, 0.25) is 5.91 Å². The molecule has 1 saturated heterocycles. The zero-order valence-electron chi connectivity index (χ0n) is 21.2. The van der Waals surface area contributed by atoms with E-state index in [-0.39, 0.29) is 34.5 Å². The molecular weight excluding hydrogens is 508 g/mol. The van der Waals surface area contributed by atoms with Crippen molar-refractivity contribution in [2.45, 2.75) is 30.3 Å². The van der Waals surface area contributed by atoms with Crippen LogP contribution in [0.1, 0.15) is 19.3 Å². The summed E-state index contributed by atoms with van der Waals surface area (Å²) in [5, 5.41) is 10.3. The molecule has 11 nitrogen and oxygen atoms in total. The third-order valence-electron chi connectivity index (χ3n) is 6.50. The van der Waals surface area contributed by atoms with Crippen LogP contribution >= 0.6 is 0 Å². The van der Waals surface area contributed by atoms with Gasteiger partial charge in [-0.1, -0.05) is 18.2 Å². The van der Waals surface area contributed by atoms with E-state index < -0.39 is 10.0 Å². The van der Waals surface area contributed by atoms with Crippen LogP contribution in [0.25, 0.3) is 12.2 Å². The fourth-order valence-corrected chi connectivity index (χ4v) is 5.31. The number of allylic oxidation sites excluding steroid dienone is 1. The number of anilines is 3. The Labute approximate surface area is 220 Å². The number of nitrogens with one attached hydrogen (secondary N) is 4. The van der Waals surface area contributed by atoms with Crippen molar-refractivity contribution in [3.63, 3.8) is 0 Å². The van der Waals surface area contributed by atoms with E-state index in [9.17, 15) is 13.2 Å². The fraction of sp³-hybridized carbons (Fsp3) is 0.346. The number of rotatable bonds is 9. The van der Waals surface area contributed by atoms with Gasteiger partial charge in [0.05, 0.1) is 34.7 Å². The predicted octanol–water partition coefficient (Wildman–Crippen LogP) is 1.03. The normalized spacial score (nSPS) is 18.9. The van der Waals surface area contributed by atoms with Crippen molar-refractivity contribution >= 4 is 45.4 Å². The van der Waals surface area contributed by atoms with E-state index in [1.807, 2.05) is 24.3 Å². The number of hydrogen-bond acceptors (Lipinski definition) is 9. The smallest absolute Gasteiger partial charge is 0.263 e. The first-order valence-electron chi connectivity index (χ1n) is 12.3. The quantitative estimate of drug-likeness (QED) is 0.368. The van der Waals surface area contributed by atoms with Crippen molar-refractivity contribution in [3.8, 4) is 0 Å². The largest absolute Gasteiger partial charge is 0.501 e. The molecule has 4 N–H and O–H groups in total. The molecule has 1 unspecified atom stereocenters. The summed E-state index contributed by atoms with van der Waals surface area (Å²) in [5.41, 5.74) is 1.04. The van der Waals surface area contributed by atoms with E-state index in [2.05, 4.69) is 30.6 Å². The number of carbonyl (C=O) groups excluding carboxylic acids is 1. The Morgan fingerprint density at radius 3 is 2.47 bits per heavy atom. The number of ether oxygens (including phenoxy) is 2. The van der Waals surface area contributed by atoms with Crippen LogP contribution in [-0.2, 0) is 24.3 Å². The molecule has 0 radical (unpaired) electrons. The van der Waals surface area contributed by atoms with Crippen LogP contribution in [0.2, 0.25) is 0 Å². The molecule has 2 heterocycles. The summed E-state index contributed by atoms with van der Waals surface area (Å²) < 4.78 is 40.4. The maximum Gasteiger partial charge on any atom is 0.263 e. The number of benzene rings is 1. The summed E-state index contributed by atoms with van der Waals surface area (Å²) in [6.07, 6.45) is 9.58. The summed E-state index contributed by atoms with van der Waals surface area (Å²) >= 11 is 0. The lowest BCUT2D eigenvalue weighted by molar-refractivity contribution is -0.121. The molecule has 12 heteroatoms. The highest BCUT2D eigenvalue weighted by molar-refractivity contribution is 7.92. The number of hydrogen-bond donors (Lipinski definition) is 4. The molecule has 200 valence electrons. The van der Waals surface area contributed by atoms with Gasteiger partial charge in [-0.05, 0) is 43.2 Å². The zero-order chi connectivity index (χ0) is 26.7. The van der Waals surface area contributed by atoms with Gasteiger partial charge >= 0.3 is 0 Å². The van der Waals surface area contributed by atoms with Gasteiger partial charge in [-0.3, -0.25) is 9.52 Å². The number of sulfonamides is 1. The number of carbonyl (C=O) groups is 1. The monoisotopic (exact) mass is 538 g/mol. The average molecular weight is 539 g/mol. The number of methoxy groups -OCH3 is 2. The van der Waals surface area contributed by atoms with Crippen LogP contribution in [0, 0.1) is 5.92 Å². The van der Waals surface area contributed by atoms with Gasteiger partial charge in [0.25, 0.3) is 10.0 Å². The van der Waals surface area contributed by atoms with Crippen molar-refractivity contribution in [2.24, 2.45) is 5.92 Å². The Bertz CT molecular complexity index is 1530. The van der Waals surface area contributed by atoms with Gasteiger partial charge in [0, 0.05) is 38.0 Å². The first-order chi connectivity index (χ1) is 18.3. The highest BCUT2D eigenvalue weighted by atomic mass is 32.2. The molecule has 38 heavy (non-hydrogen) atoms. The van der Waals surface area contributed by atoms with E-state index in [0.717, 1.165) is 12.8 Å². The van der Waals surface area contributed by atoms with Crippen LogP contribution in [0.3, 0.4) is 0 Å². The first kappa shape index (κ1) is 25.9. The Hall–Kier alpha value is -3.74. The van der Waals surface area contributed by atoms with Gasteiger partial charge in [-0.15, -0.1) is 0 Å². The Morgan fingerprint density at radius 1 is 1.08 bits per heavy atom. The van der Waals surface area contributed by atoms with Gasteiger partial charge in [-0.2, -0.15) is 0 Å². The van der Waals surface area contributed by atoms with E-state index in [1.54, 1.807) is 26.4 Å². The minimum absolute atomic E-state index is 0.0130. The maximum atomic E-state index is 13.4. The summed E-state index contributed by atoms with van der Waals surface area (Å²) in [6, 6.07) is 6.12. The standard InChI is InChI=1S/C26H30N6O5S/c1-36-19-10-18(11-20(13-19)37-2)28-24-25(31-23-9-4-3-8-22(23)30-24)32-38(34,35)21-7-5-6-17(12-21)29-26(33)16-14-27-15-16/h5-12,16,19,27H,3-4,13-15H2,1-2H3,(H,28,30)(H,29,33)(H,31,32). The second-order valence-corrected chi connectivity index (χ2v) is 10.9. The van der Waals surface area contributed by atoms with Gasteiger partial charge in [0.15, 0.2) is 11.6 Å². The third-order valence-corrected chi connectivity index (χ3v) is 7.84. The maximum absolute atomic E-state index is 13.4. The predicted molar refractivity (Wildman–Crippen MR) is 144 cm³/mol. The molecule has 1 aliphatic heterocycles. The molecule has 2 aromatic rings. The lowest BCUT2D eigenvalue weighted by atomic mass is 10.0. The van der Waals surface area contributed by atoms with Crippen LogP contribution < -0.4 is 31.4 Å². The molecule has 1 atom stereocenters. The van der Waals surface area contributed by atoms with Crippen molar-refractivity contribution in [2.75, 3.05) is 42.7 Å². The summed E-state index contributed by atoms with van der Waals surface area (Å²) in [4.78, 5) is 21.6. The average Bonchev–Trinajstić information content (AvgIpc) is 2.87. The Kier molecular flexibility index (Phi) is 7.45. The SMILES string of the molecule is COC1=CC(Nc2nc3c(nc2NS(=O)(=O)c2cccc(NC(=O)C4CNC4)c2)=CCCC=3)=CC(OC)C1. The summed E-state index contributed by atoms with van der Waals surface area (Å²) in [6.45, 7) is 1.21. The fourth-order valence-electron chi connectivity index (χ4n) is 4.25. The van der Waals surface area contributed by atoms with E-state index in [1.165, 1.54) is 12.1 Å². The molecule has 2 aliphatic carbocycles. The van der Waals surface area contributed by atoms with Gasteiger partial charge in [0.1, 0.15) is 5.76 Å².